The molecule has 3 heteroatoms. The van der Waals surface area contributed by atoms with Gasteiger partial charge in [0.1, 0.15) is 5.78 Å². The molecule has 70 valence electrons. The topological polar surface area (TPSA) is 41.1 Å². The molecule has 0 saturated carbocycles. The van der Waals surface area contributed by atoms with Crippen molar-refractivity contribution in [3.63, 3.8) is 0 Å². The van der Waals surface area contributed by atoms with E-state index in [0.29, 0.717) is 6.54 Å². The normalized spacial score (nSPS) is 9.83. The van der Waals surface area contributed by atoms with E-state index in [4.69, 9.17) is 0 Å². The molecule has 12 heavy (non-hydrogen) atoms. The summed E-state index contributed by atoms with van der Waals surface area (Å²) in [5.74, 6) is 0.176. The van der Waals surface area contributed by atoms with Gasteiger partial charge in [0.05, 0.1) is 6.54 Å². The first-order valence-electron chi connectivity index (χ1n) is 4.18. The fourth-order valence-corrected chi connectivity index (χ4v) is 0.743. The lowest BCUT2D eigenvalue weighted by Gasteiger charge is -2.04. The molecule has 0 aliphatic heterocycles. The zero-order valence-corrected chi connectivity index (χ0v) is 7.94. The van der Waals surface area contributed by atoms with Gasteiger partial charge in [0.25, 0.3) is 0 Å². The van der Waals surface area contributed by atoms with Crippen molar-refractivity contribution in [2.75, 3.05) is 26.2 Å². The van der Waals surface area contributed by atoms with E-state index in [2.05, 4.69) is 17.2 Å². The van der Waals surface area contributed by atoms with Crippen LogP contribution in [0.5, 0.6) is 0 Å². The summed E-state index contributed by atoms with van der Waals surface area (Å²) in [5.41, 5.74) is 1.13. The summed E-state index contributed by atoms with van der Waals surface area (Å²) in [6.45, 7) is 10.3. The molecule has 0 radical (unpaired) electrons. The smallest absolute Gasteiger partial charge is 0.143 e. The van der Waals surface area contributed by atoms with E-state index < -0.39 is 0 Å². The van der Waals surface area contributed by atoms with Gasteiger partial charge in [-0.05, 0) is 13.8 Å². The Bertz CT molecular complexity index is 137. The Morgan fingerprint density at radius 3 is 2.08 bits per heavy atom. The van der Waals surface area contributed by atoms with Crippen molar-refractivity contribution in [2.45, 2.75) is 13.8 Å². The average Bonchev–Trinajstić information content (AvgIpc) is 1.95. The number of carbonyl (C=O) groups is 1. The molecule has 0 aromatic carbocycles. The van der Waals surface area contributed by atoms with Gasteiger partial charge in [-0.1, -0.05) is 12.2 Å². The highest BCUT2D eigenvalue weighted by Gasteiger charge is 1.91. The maximum absolute atomic E-state index is 10.5. The molecular formula is C9H18N2O. The van der Waals surface area contributed by atoms with E-state index in [1.54, 1.807) is 6.92 Å². The predicted molar refractivity (Wildman–Crippen MR) is 51.2 cm³/mol. The number of Topliss-reactive ketones (excluding diaryl/α,β-unsaturated/α-hetero) is 1. The molecule has 0 aliphatic carbocycles. The van der Waals surface area contributed by atoms with Gasteiger partial charge in [-0.3, -0.25) is 4.79 Å². The minimum absolute atomic E-state index is 0.176. The minimum Gasteiger partial charge on any atom is -0.312 e. The third-order valence-electron chi connectivity index (χ3n) is 1.28. The van der Waals surface area contributed by atoms with Gasteiger partial charge in [0.15, 0.2) is 0 Å². The number of rotatable bonds is 7. The second kappa shape index (κ2) is 7.00. The van der Waals surface area contributed by atoms with Crippen LogP contribution in [0.25, 0.3) is 0 Å². The van der Waals surface area contributed by atoms with Crippen molar-refractivity contribution in [1.29, 1.82) is 0 Å². The summed E-state index contributed by atoms with van der Waals surface area (Å²) in [6.07, 6.45) is 0. The molecule has 3 nitrogen and oxygen atoms in total. The van der Waals surface area contributed by atoms with Crippen molar-refractivity contribution < 1.29 is 4.79 Å². The third kappa shape index (κ3) is 9.33. The molecule has 0 unspecified atom stereocenters. The number of carbonyl (C=O) groups excluding carboxylic acids is 1. The predicted octanol–water partition coefficient (Wildman–Crippen LogP) is 0.331. The zero-order chi connectivity index (χ0) is 9.40. The molecule has 0 spiro atoms. The summed E-state index contributed by atoms with van der Waals surface area (Å²) in [6, 6.07) is 0. The van der Waals surface area contributed by atoms with E-state index in [1.165, 1.54) is 0 Å². The Balaban J connectivity index is 3.01. The fourth-order valence-electron chi connectivity index (χ4n) is 0.743. The van der Waals surface area contributed by atoms with Gasteiger partial charge in [-0.25, -0.2) is 0 Å². The first-order chi connectivity index (χ1) is 5.63. The van der Waals surface area contributed by atoms with Crippen molar-refractivity contribution in [3.05, 3.63) is 12.2 Å². The summed E-state index contributed by atoms with van der Waals surface area (Å²) in [7, 11) is 0. The summed E-state index contributed by atoms with van der Waals surface area (Å²) >= 11 is 0. The lowest BCUT2D eigenvalue weighted by atomic mass is 10.3. The van der Waals surface area contributed by atoms with Crippen LogP contribution in [-0.4, -0.2) is 32.0 Å². The Labute approximate surface area is 74.2 Å². The van der Waals surface area contributed by atoms with Gasteiger partial charge in [-0.15, -0.1) is 0 Å². The van der Waals surface area contributed by atoms with Crippen LogP contribution < -0.4 is 10.6 Å². The van der Waals surface area contributed by atoms with E-state index >= 15 is 0 Å². The third-order valence-corrected chi connectivity index (χ3v) is 1.28. The van der Waals surface area contributed by atoms with Gasteiger partial charge in [0.2, 0.25) is 0 Å². The van der Waals surface area contributed by atoms with Crippen LogP contribution in [0.15, 0.2) is 12.2 Å². The Morgan fingerprint density at radius 1 is 1.17 bits per heavy atom. The Kier molecular flexibility index (Phi) is 6.61. The van der Waals surface area contributed by atoms with Crippen molar-refractivity contribution in [1.82, 2.24) is 10.6 Å². The van der Waals surface area contributed by atoms with Crippen LogP contribution in [-0.2, 0) is 4.79 Å². The van der Waals surface area contributed by atoms with Crippen molar-refractivity contribution >= 4 is 5.78 Å². The van der Waals surface area contributed by atoms with Gasteiger partial charge >= 0.3 is 0 Å². The lowest BCUT2D eigenvalue weighted by molar-refractivity contribution is -0.116. The summed E-state index contributed by atoms with van der Waals surface area (Å²) in [4.78, 5) is 10.5. The maximum Gasteiger partial charge on any atom is 0.143 e. The average molecular weight is 170 g/mol. The van der Waals surface area contributed by atoms with Crippen LogP contribution in [0.4, 0.5) is 0 Å². The van der Waals surface area contributed by atoms with Crippen LogP contribution in [0, 0.1) is 0 Å². The summed E-state index contributed by atoms with van der Waals surface area (Å²) < 4.78 is 0. The van der Waals surface area contributed by atoms with E-state index in [1.807, 2.05) is 6.92 Å². The first kappa shape index (κ1) is 11.3. The molecule has 0 aliphatic rings. The highest BCUT2D eigenvalue weighted by Crippen LogP contribution is 1.79. The molecule has 0 aromatic heterocycles. The van der Waals surface area contributed by atoms with Crippen LogP contribution in [0.1, 0.15) is 13.8 Å². The zero-order valence-electron chi connectivity index (χ0n) is 7.94. The first-order valence-corrected chi connectivity index (χ1v) is 4.18. The highest BCUT2D eigenvalue weighted by molar-refractivity contribution is 5.77. The van der Waals surface area contributed by atoms with Crippen LogP contribution in [0.3, 0.4) is 0 Å². The Hall–Kier alpha value is -0.670. The standard InChI is InChI=1S/C9H18N2O/c1-8(2)6-10-4-5-11-7-9(3)12/h10-11H,1,4-7H2,2-3H3. The number of hydrogen-bond acceptors (Lipinski definition) is 3. The molecule has 0 bridgehead atoms. The van der Waals surface area contributed by atoms with Crippen LogP contribution >= 0.6 is 0 Å². The SMILES string of the molecule is C=C(C)CNCCNCC(C)=O. The van der Waals surface area contributed by atoms with E-state index in [9.17, 15) is 4.79 Å². The largest absolute Gasteiger partial charge is 0.312 e. The van der Waals surface area contributed by atoms with Gasteiger partial charge in [-0.2, -0.15) is 0 Å². The van der Waals surface area contributed by atoms with E-state index in [0.717, 1.165) is 25.2 Å². The second-order valence-electron chi connectivity index (χ2n) is 3.01. The molecule has 0 aromatic rings. The maximum atomic E-state index is 10.5. The Morgan fingerprint density at radius 2 is 1.67 bits per heavy atom. The number of hydrogen-bond donors (Lipinski definition) is 2. The molecule has 0 amide bonds. The molecule has 0 saturated heterocycles. The monoisotopic (exact) mass is 170 g/mol. The molecule has 0 rings (SSSR count). The van der Waals surface area contributed by atoms with Gasteiger partial charge < -0.3 is 10.6 Å². The van der Waals surface area contributed by atoms with Crippen LogP contribution in [0.2, 0.25) is 0 Å². The summed E-state index contributed by atoms with van der Waals surface area (Å²) in [5, 5.41) is 6.20. The van der Waals surface area contributed by atoms with Crippen molar-refractivity contribution in [3.8, 4) is 0 Å². The number of nitrogens with one attached hydrogen (secondary N) is 2. The number of ketones is 1. The minimum atomic E-state index is 0.176. The molecule has 2 N–H and O–H groups in total. The quantitative estimate of drug-likeness (QED) is 0.427. The molecule has 0 atom stereocenters. The molecular weight excluding hydrogens is 152 g/mol. The second-order valence-corrected chi connectivity index (χ2v) is 3.01. The fraction of sp³-hybridized carbons (Fsp3) is 0.667. The molecule has 0 heterocycles. The lowest BCUT2D eigenvalue weighted by Crippen LogP contribution is -2.30. The molecule has 0 fully saturated rings. The highest BCUT2D eigenvalue weighted by atomic mass is 16.1. The van der Waals surface area contributed by atoms with Gasteiger partial charge in [0, 0.05) is 19.6 Å². The van der Waals surface area contributed by atoms with E-state index in [-0.39, 0.29) is 5.78 Å². The van der Waals surface area contributed by atoms with Crippen molar-refractivity contribution in [2.24, 2.45) is 0 Å².